The molecule has 18 heavy (non-hydrogen) atoms. The highest BCUT2D eigenvalue weighted by atomic mass is 127. The molecule has 0 saturated carbocycles. The van der Waals surface area contributed by atoms with Crippen LogP contribution in [-0.4, -0.2) is 5.91 Å². The van der Waals surface area contributed by atoms with Gasteiger partial charge in [0.1, 0.15) is 5.76 Å². The van der Waals surface area contributed by atoms with Gasteiger partial charge in [-0.25, -0.2) is 0 Å². The molecule has 0 radical (unpaired) electrons. The maximum atomic E-state index is 11.6. The van der Waals surface area contributed by atoms with Crippen LogP contribution in [0.15, 0.2) is 34.1 Å². The normalized spacial score (nSPS) is 11.0. The highest BCUT2D eigenvalue weighted by Crippen LogP contribution is 2.15. The summed E-state index contributed by atoms with van der Waals surface area (Å²) in [5.41, 5.74) is 1.21. The number of carbonyl (C=O) groups is 1. The summed E-state index contributed by atoms with van der Waals surface area (Å²) in [7, 11) is 0. The Hall–Kier alpha value is -1.08. The lowest BCUT2D eigenvalue weighted by Gasteiger charge is -2.00. The highest BCUT2D eigenvalue weighted by Gasteiger charge is 2.01. The molecule has 2 rings (SSSR count). The van der Waals surface area contributed by atoms with Gasteiger partial charge in [0, 0.05) is 11.0 Å². The van der Waals surface area contributed by atoms with E-state index in [2.05, 4.69) is 27.9 Å². The largest absolute Gasteiger partial charge is 0.451 e. The van der Waals surface area contributed by atoms with Gasteiger partial charge in [-0.1, -0.05) is 0 Å². The Balaban J connectivity index is 1.86. The lowest BCUT2D eigenvalue weighted by atomic mass is 10.3. The summed E-state index contributed by atoms with van der Waals surface area (Å²) in [6.45, 7) is 2.61. The maximum absolute atomic E-state index is 11.6. The number of halogens is 1. The van der Waals surface area contributed by atoms with Crippen molar-refractivity contribution in [2.45, 2.75) is 13.5 Å². The molecule has 0 fully saturated rings. The second-order valence-electron chi connectivity index (χ2n) is 3.72. The molecule has 0 aliphatic rings. The quantitative estimate of drug-likeness (QED) is 0.658. The number of hydrogen-bond acceptors (Lipinski definition) is 3. The lowest BCUT2D eigenvalue weighted by Crippen LogP contribution is -2.19. The van der Waals surface area contributed by atoms with E-state index in [1.165, 1.54) is 16.5 Å². The van der Waals surface area contributed by atoms with Gasteiger partial charge in [-0.05, 0) is 64.7 Å². The Bertz CT molecular complexity index is 571. The van der Waals surface area contributed by atoms with Gasteiger partial charge < -0.3 is 9.73 Å². The van der Waals surface area contributed by atoms with Crippen LogP contribution in [0.4, 0.5) is 0 Å². The van der Waals surface area contributed by atoms with E-state index in [1.807, 2.05) is 30.5 Å². The second kappa shape index (κ2) is 6.19. The van der Waals surface area contributed by atoms with Crippen LogP contribution in [0, 0.1) is 10.7 Å². The third-order valence-electron chi connectivity index (χ3n) is 2.38. The zero-order valence-corrected chi connectivity index (χ0v) is 12.7. The summed E-state index contributed by atoms with van der Waals surface area (Å²) >= 11 is 3.74. The molecule has 2 aromatic rings. The molecule has 0 spiro atoms. The molecule has 0 unspecified atom stereocenters. The molecule has 1 amide bonds. The number of nitrogens with one attached hydrogen (secondary N) is 1. The van der Waals surface area contributed by atoms with Gasteiger partial charge in [0.2, 0.25) is 5.91 Å². The van der Waals surface area contributed by atoms with Crippen LogP contribution < -0.4 is 5.32 Å². The number of furan rings is 1. The molecular weight excluding hydrogens is 361 g/mol. The summed E-state index contributed by atoms with van der Waals surface area (Å²) in [6, 6.07) is 5.73. The smallest absolute Gasteiger partial charge is 0.244 e. The van der Waals surface area contributed by atoms with Gasteiger partial charge in [0.25, 0.3) is 0 Å². The zero-order chi connectivity index (χ0) is 13.0. The van der Waals surface area contributed by atoms with Crippen molar-refractivity contribution in [1.82, 2.24) is 5.32 Å². The van der Waals surface area contributed by atoms with E-state index in [4.69, 9.17) is 4.42 Å². The Morgan fingerprint density at radius 1 is 1.50 bits per heavy atom. The first-order valence-corrected chi connectivity index (χ1v) is 7.35. The third-order valence-corrected chi connectivity index (χ3v) is 3.99. The minimum atomic E-state index is -0.116. The van der Waals surface area contributed by atoms with Crippen LogP contribution >= 0.6 is 33.9 Å². The topological polar surface area (TPSA) is 42.2 Å². The number of hydrogen-bond donors (Lipinski definition) is 1. The van der Waals surface area contributed by atoms with Crippen molar-refractivity contribution in [3.8, 4) is 0 Å². The lowest BCUT2D eigenvalue weighted by molar-refractivity contribution is -0.116. The van der Waals surface area contributed by atoms with E-state index in [0.717, 1.165) is 3.77 Å². The summed E-state index contributed by atoms with van der Waals surface area (Å²) < 4.78 is 6.13. The molecule has 0 aliphatic heterocycles. The first-order chi connectivity index (χ1) is 8.65. The fourth-order valence-corrected chi connectivity index (χ4v) is 2.67. The molecule has 0 saturated heterocycles. The molecule has 5 heteroatoms. The first-order valence-electron chi connectivity index (χ1n) is 5.39. The van der Waals surface area contributed by atoms with E-state index in [9.17, 15) is 4.79 Å². The van der Waals surface area contributed by atoms with Crippen LogP contribution in [0.25, 0.3) is 6.08 Å². The van der Waals surface area contributed by atoms with Gasteiger partial charge in [-0.15, -0.1) is 11.3 Å². The molecule has 0 aromatic carbocycles. The molecule has 2 heterocycles. The van der Waals surface area contributed by atoms with E-state index in [1.54, 1.807) is 17.4 Å². The molecule has 0 atom stereocenters. The maximum Gasteiger partial charge on any atom is 0.244 e. The SMILES string of the molecule is Cc1ccsc1CNC(=O)/C=C/c1ccc(I)o1. The molecular formula is C13H12INO2S. The fraction of sp³-hybridized carbons (Fsp3) is 0.154. The van der Waals surface area contributed by atoms with Gasteiger partial charge >= 0.3 is 0 Å². The van der Waals surface area contributed by atoms with Gasteiger partial charge in [-0.2, -0.15) is 0 Å². The van der Waals surface area contributed by atoms with Crippen molar-refractivity contribution in [3.63, 3.8) is 0 Å². The minimum absolute atomic E-state index is 0.116. The van der Waals surface area contributed by atoms with Crippen LogP contribution in [0.5, 0.6) is 0 Å². The van der Waals surface area contributed by atoms with Crippen molar-refractivity contribution in [2.75, 3.05) is 0 Å². The Morgan fingerprint density at radius 3 is 2.94 bits per heavy atom. The molecule has 2 aromatic heterocycles. The van der Waals surface area contributed by atoms with Gasteiger partial charge in [0.05, 0.1) is 6.54 Å². The number of rotatable bonds is 4. The van der Waals surface area contributed by atoms with Crippen LogP contribution in [-0.2, 0) is 11.3 Å². The second-order valence-corrected chi connectivity index (χ2v) is 5.78. The monoisotopic (exact) mass is 373 g/mol. The predicted molar refractivity (Wildman–Crippen MR) is 81.4 cm³/mol. The summed E-state index contributed by atoms with van der Waals surface area (Å²) in [5.74, 6) is 0.566. The number of aryl methyl sites for hydroxylation is 1. The summed E-state index contributed by atoms with van der Waals surface area (Å²) in [5, 5.41) is 4.87. The van der Waals surface area contributed by atoms with E-state index in [0.29, 0.717) is 12.3 Å². The Labute approximate surface area is 123 Å². The van der Waals surface area contributed by atoms with Crippen LogP contribution in [0.3, 0.4) is 0 Å². The van der Waals surface area contributed by atoms with Crippen molar-refractivity contribution < 1.29 is 9.21 Å². The van der Waals surface area contributed by atoms with Gasteiger partial charge in [-0.3, -0.25) is 4.79 Å². The molecule has 1 N–H and O–H groups in total. The summed E-state index contributed by atoms with van der Waals surface area (Å²) in [4.78, 5) is 12.8. The molecule has 94 valence electrons. The predicted octanol–water partition coefficient (Wildman–Crippen LogP) is 3.58. The van der Waals surface area contributed by atoms with E-state index >= 15 is 0 Å². The average molecular weight is 373 g/mol. The number of carbonyl (C=O) groups excluding carboxylic acids is 1. The van der Waals surface area contributed by atoms with Crippen molar-refractivity contribution in [1.29, 1.82) is 0 Å². The Kier molecular flexibility index (Phi) is 4.60. The third kappa shape index (κ3) is 3.71. The van der Waals surface area contributed by atoms with Crippen molar-refractivity contribution >= 4 is 45.9 Å². The summed E-state index contributed by atoms with van der Waals surface area (Å²) in [6.07, 6.45) is 3.15. The fourth-order valence-electron chi connectivity index (χ4n) is 1.39. The first kappa shape index (κ1) is 13.4. The average Bonchev–Trinajstić information content (AvgIpc) is 2.93. The number of amides is 1. The van der Waals surface area contributed by atoms with E-state index in [-0.39, 0.29) is 5.91 Å². The number of thiophene rings is 1. The highest BCUT2D eigenvalue weighted by molar-refractivity contribution is 14.1. The standard InChI is InChI=1S/C13H12INO2S/c1-9-6-7-18-11(9)8-15-13(16)5-3-10-2-4-12(14)17-10/h2-7H,8H2,1H3,(H,15,16)/b5-3+. The molecule has 0 aliphatic carbocycles. The van der Waals surface area contributed by atoms with Crippen molar-refractivity contribution in [3.05, 3.63) is 49.6 Å². The van der Waals surface area contributed by atoms with Crippen LogP contribution in [0.2, 0.25) is 0 Å². The van der Waals surface area contributed by atoms with E-state index < -0.39 is 0 Å². The van der Waals surface area contributed by atoms with Crippen LogP contribution in [0.1, 0.15) is 16.2 Å². The minimum Gasteiger partial charge on any atom is -0.451 e. The molecule has 3 nitrogen and oxygen atoms in total. The Morgan fingerprint density at radius 2 is 2.33 bits per heavy atom. The van der Waals surface area contributed by atoms with Crippen molar-refractivity contribution in [2.24, 2.45) is 0 Å². The molecule has 0 bridgehead atoms. The zero-order valence-electron chi connectivity index (χ0n) is 9.77. The van der Waals surface area contributed by atoms with Gasteiger partial charge in [0.15, 0.2) is 3.77 Å².